The molecular weight excluding hydrogens is 154 g/mol. The fourth-order valence-corrected chi connectivity index (χ4v) is 1.70. The van der Waals surface area contributed by atoms with Gasteiger partial charge in [0.15, 0.2) is 0 Å². The van der Waals surface area contributed by atoms with Gasteiger partial charge in [0.2, 0.25) is 0 Å². The molecule has 0 radical (unpaired) electrons. The molecule has 3 heteroatoms. The second kappa shape index (κ2) is 3.61. The predicted molar refractivity (Wildman–Crippen MR) is 47.1 cm³/mol. The Morgan fingerprint density at radius 1 is 1.67 bits per heavy atom. The fraction of sp³-hybridized carbons (Fsp3) is 0.667. The van der Waals surface area contributed by atoms with Crippen molar-refractivity contribution in [2.24, 2.45) is 5.41 Å². The molecule has 0 spiro atoms. The van der Waals surface area contributed by atoms with Crippen molar-refractivity contribution in [1.29, 1.82) is 0 Å². The molecule has 12 heavy (non-hydrogen) atoms. The maximum Gasteiger partial charge on any atom is 0.404 e. The van der Waals surface area contributed by atoms with Crippen molar-refractivity contribution in [2.75, 3.05) is 6.54 Å². The van der Waals surface area contributed by atoms with Gasteiger partial charge in [-0.1, -0.05) is 12.5 Å². The molecule has 1 aliphatic carbocycles. The van der Waals surface area contributed by atoms with Gasteiger partial charge in [-0.25, -0.2) is 4.79 Å². The van der Waals surface area contributed by atoms with Gasteiger partial charge in [0.05, 0.1) is 0 Å². The highest BCUT2D eigenvalue weighted by Gasteiger charge is 2.35. The summed E-state index contributed by atoms with van der Waals surface area (Å²) < 4.78 is 0. The number of carbonyl (C=O) groups is 1. The molecule has 0 saturated heterocycles. The van der Waals surface area contributed by atoms with Crippen LogP contribution in [0.4, 0.5) is 4.79 Å². The zero-order chi connectivity index (χ0) is 9.03. The monoisotopic (exact) mass is 169 g/mol. The van der Waals surface area contributed by atoms with Crippen molar-refractivity contribution < 1.29 is 9.90 Å². The molecule has 2 N–H and O–H groups in total. The predicted octanol–water partition coefficient (Wildman–Crippen LogP) is 2.00. The topological polar surface area (TPSA) is 49.3 Å². The Balaban J connectivity index is 2.34. The Morgan fingerprint density at radius 2 is 2.33 bits per heavy atom. The quantitative estimate of drug-likeness (QED) is 0.632. The molecule has 0 aromatic carbocycles. The van der Waals surface area contributed by atoms with Gasteiger partial charge in [-0.2, -0.15) is 0 Å². The van der Waals surface area contributed by atoms with E-state index in [0.29, 0.717) is 6.54 Å². The number of allylic oxidation sites excluding steroid dienone is 1. The van der Waals surface area contributed by atoms with E-state index in [0.717, 1.165) is 19.3 Å². The van der Waals surface area contributed by atoms with E-state index < -0.39 is 6.09 Å². The Hall–Kier alpha value is -0.990. The molecule has 68 valence electrons. The standard InChI is InChI=1S/C9H15NO2/c1-2-4-9(5-3-6-9)7-10-8(11)12/h2,10H,1,3-7H2,(H,11,12). The Kier molecular flexibility index (Phi) is 2.74. The average Bonchev–Trinajstić information content (AvgIpc) is 1.94. The van der Waals surface area contributed by atoms with Gasteiger partial charge in [0.25, 0.3) is 0 Å². The van der Waals surface area contributed by atoms with Crippen LogP contribution in [0.3, 0.4) is 0 Å². The first-order valence-electron chi connectivity index (χ1n) is 4.26. The molecule has 3 nitrogen and oxygen atoms in total. The molecule has 1 fully saturated rings. The van der Waals surface area contributed by atoms with E-state index in [2.05, 4.69) is 11.9 Å². The van der Waals surface area contributed by atoms with Crippen molar-refractivity contribution in [3.63, 3.8) is 0 Å². The van der Waals surface area contributed by atoms with Crippen molar-refractivity contribution in [2.45, 2.75) is 25.7 Å². The minimum atomic E-state index is -0.926. The molecule has 0 aromatic rings. The van der Waals surface area contributed by atoms with E-state index in [9.17, 15) is 4.79 Å². The average molecular weight is 169 g/mol. The molecule has 0 bridgehead atoms. The number of amides is 1. The van der Waals surface area contributed by atoms with Gasteiger partial charge in [-0.3, -0.25) is 0 Å². The summed E-state index contributed by atoms with van der Waals surface area (Å²) in [4.78, 5) is 10.3. The van der Waals surface area contributed by atoms with E-state index >= 15 is 0 Å². The summed E-state index contributed by atoms with van der Waals surface area (Å²) in [5, 5.41) is 10.9. The molecule has 0 unspecified atom stereocenters. The van der Waals surface area contributed by atoms with Crippen LogP contribution in [0.1, 0.15) is 25.7 Å². The van der Waals surface area contributed by atoms with Crippen LogP contribution >= 0.6 is 0 Å². The third-order valence-corrected chi connectivity index (χ3v) is 2.61. The molecule has 1 rings (SSSR count). The molecule has 0 aliphatic heterocycles. The largest absolute Gasteiger partial charge is 0.465 e. The van der Waals surface area contributed by atoms with Crippen LogP contribution in [0.2, 0.25) is 0 Å². The summed E-state index contributed by atoms with van der Waals surface area (Å²) in [5.41, 5.74) is 0.195. The lowest BCUT2D eigenvalue weighted by atomic mass is 9.66. The Morgan fingerprint density at radius 3 is 2.67 bits per heavy atom. The van der Waals surface area contributed by atoms with Crippen LogP contribution in [-0.2, 0) is 0 Å². The highest BCUT2D eigenvalue weighted by Crippen LogP contribution is 2.43. The third kappa shape index (κ3) is 2.00. The summed E-state index contributed by atoms with van der Waals surface area (Å²) in [7, 11) is 0. The highest BCUT2D eigenvalue weighted by molar-refractivity contribution is 5.64. The molecule has 0 heterocycles. The lowest BCUT2D eigenvalue weighted by Gasteiger charge is -2.41. The fourth-order valence-electron chi connectivity index (χ4n) is 1.70. The summed E-state index contributed by atoms with van der Waals surface area (Å²) in [6.07, 6.45) is 5.34. The second-order valence-electron chi connectivity index (χ2n) is 3.51. The number of carboxylic acid groups (broad SMARTS) is 1. The van der Waals surface area contributed by atoms with Crippen LogP contribution < -0.4 is 5.32 Å². The smallest absolute Gasteiger partial charge is 0.404 e. The Labute approximate surface area is 72.5 Å². The molecule has 0 aromatic heterocycles. The lowest BCUT2D eigenvalue weighted by molar-refractivity contribution is 0.127. The summed E-state index contributed by atoms with van der Waals surface area (Å²) in [6.45, 7) is 4.26. The first-order chi connectivity index (χ1) is 5.68. The third-order valence-electron chi connectivity index (χ3n) is 2.61. The normalized spacial score (nSPS) is 19.3. The molecule has 1 aliphatic rings. The summed E-state index contributed by atoms with van der Waals surface area (Å²) in [5.74, 6) is 0. The summed E-state index contributed by atoms with van der Waals surface area (Å²) in [6, 6.07) is 0. The van der Waals surface area contributed by atoms with Gasteiger partial charge in [-0.05, 0) is 24.7 Å². The minimum absolute atomic E-state index is 0.195. The number of rotatable bonds is 4. The maximum absolute atomic E-state index is 10.3. The van der Waals surface area contributed by atoms with Crippen LogP contribution in [0.25, 0.3) is 0 Å². The zero-order valence-electron chi connectivity index (χ0n) is 7.18. The number of hydrogen-bond donors (Lipinski definition) is 2. The first-order valence-corrected chi connectivity index (χ1v) is 4.26. The van der Waals surface area contributed by atoms with Crippen LogP contribution in [0.5, 0.6) is 0 Å². The van der Waals surface area contributed by atoms with Crippen molar-refractivity contribution in [3.05, 3.63) is 12.7 Å². The van der Waals surface area contributed by atoms with Gasteiger partial charge < -0.3 is 10.4 Å². The summed E-state index contributed by atoms with van der Waals surface area (Å²) >= 11 is 0. The minimum Gasteiger partial charge on any atom is -0.465 e. The number of hydrogen-bond acceptors (Lipinski definition) is 1. The van der Waals surface area contributed by atoms with Gasteiger partial charge in [-0.15, -0.1) is 6.58 Å². The van der Waals surface area contributed by atoms with E-state index in [1.165, 1.54) is 6.42 Å². The van der Waals surface area contributed by atoms with Crippen LogP contribution in [0.15, 0.2) is 12.7 Å². The molecule has 0 atom stereocenters. The molecule has 1 saturated carbocycles. The van der Waals surface area contributed by atoms with E-state index in [-0.39, 0.29) is 5.41 Å². The van der Waals surface area contributed by atoms with Crippen molar-refractivity contribution in [3.8, 4) is 0 Å². The van der Waals surface area contributed by atoms with Gasteiger partial charge in [0, 0.05) is 6.54 Å². The zero-order valence-corrected chi connectivity index (χ0v) is 7.18. The van der Waals surface area contributed by atoms with Crippen molar-refractivity contribution in [1.82, 2.24) is 5.32 Å². The van der Waals surface area contributed by atoms with Gasteiger partial charge in [0.1, 0.15) is 0 Å². The highest BCUT2D eigenvalue weighted by atomic mass is 16.4. The Bertz CT molecular complexity index is 185. The lowest BCUT2D eigenvalue weighted by Crippen LogP contribution is -2.41. The number of nitrogens with one attached hydrogen (secondary N) is 1. The molecular formula is C9H15NO2. The van der Waals surface area contributed by atoms with Crippen LogP contribution in [-0.4, -0.2) is 17.7 Å². The van der Waals surface area contributed by atoms with E-state index in [1.807, 2.05) is 6.08 Å². The van der Waals surface area contributed by atoms with Crippen molar-refractivity contribution >= 4 is 6.09 Å². The maximum atomic E-state index is 10.3. The van der Waals surface area contributed by atoms with E-state index in [1.54, 1.807) is 0 Å². The second-order valence-corrected chi connectivity index (χ2v) is 3.51. The SMILES string of the molecule is C=CCC1(CNC(=O)O)CCC1. The van der Waals surface area contributed by atoms with E-state index in [4.69, 9.17) is 5.11 Å². The van der Waals surface area contributed by atoms with Crippen LogP contribution in [0, 0.1) is 5.41 Å². The van der Waals surface area contributed by atoms with Gasteiger partial charge >= 0.3 is 6.09 Å². The first kappa shape index (κ1) is 9.10. The molecule has 1 amide bonds.